The van der Waals surface area contributed by atoms with Gasteiger partial charge in [-0.2, -0.15) is 0 Å². The van der Waals surface area contributed by atoms with Crippen LogP contribution >= 0.6 is 24.0 Å². The molecule has 2 unspecified atom stereocenters. The van der Waals surface area contributed by atoms with E-state index in [4.69, 9.17) is 17.3 Å². The van der Waals surface area contributed by atoms with Crippen LogP contribution in [0.3, 0.4) is 0 Å². The first-order chi connectivity index (χ1) is 8.54. The number of anilines is 1. The molecule has 0 bridgehead atoms. The third kappa shape index (κ3) is 3.22. The van der Waals surface area contributed by atoms with Gasteiger partial charge in [-0.1, -0.05) is 37.9 Å². The van der Waals surface area contributed by atoms with Crippen molar-refractivity contribution in [1.82, 2.24) is 0 Å². The number of benzene rings is 1. The summed E-state index contributed by atoms with van der Waals surface area (Å²) in [5, 5.41) is 0.658. The Morgan fingerprint density at radius 3 is 2.84 bits per heavy atom. The molecule has 0 aliphatic carbocycles. The molecule has 2 atom stereocenters. The molecule has 2 rings (SSSR count). The highest BCUT2D eigenvalue weighted by Gasteiger charge is 2.30. The fourth-order valence-electron chi connectivity index (χ4n) is 2.26. The van der Waals surface area contributed by atoms with Crippen LogP contribution in [0.15, 0.2) is 18.2 Å². The molecular weight excluding hydrogens is 283 g/mol. The summed E-state index contributed by atoms with van der Waals surface area (Å²) in [6.07, 6.45) is 1.79. The molecule has 0 saturated carbocycles. The van der Waals surface area contributed by atoms with Gasteiger partial charge in [0.1, 0.15) is 0 Å². The summed E-state index contributed by atoms with van der Waals surface area (Å²) in [5.74, 6) is 0.200. The van der Waals surface area contributed by atoms with Gasteiger partial charge in [0, 0.05) is 17.3 Å². The van der Waals surface area contributed by atoms with Crippen LogP contribution in [-0.4, -0.2) is 18.5 Å². The number of carbonyl (C=O) groups excluding carboxylic acids is 1. The van der Waals surface area contributed by atoms with Gasteiger partial charge >= 0.3 is 0 Å². The van der Waals surface area contributed by atoms with Gasteiger partial charge in [0.25, 0.3) is 0 Å². The lowest BCUT2D eigenvalue weighted by molar-refractivity contribution is -0.120. The standard InChI is InChI=1S/C14H19ClN2O.ClH/c1-3-9(2)13(16)14(18)17-7-6-10-4-5-11(15)8-12(10)17;/h4-5,8-9,13H,3,6-7,16H2,1-2H3;1H. The number of rotatable bonds is 3. The Morgan fingerprint density at radius 1 is 1.53 bits per heavy atom. The maximum atomic E-state index is 12.4. The van der Waals surface area contributed by atoms with E-state index in [1.165, 1.54) is 5.56 Å². The molecular formula is C14H20Cl2N2O. The minimum atomic E-state index is -0.431. The smallest absolute Gasteiger partial charge is 0.244 e. The molecule has 1 aliphatic rings. The van der Waals surface area contributed by atoms with E-state index < -0.39 is 6.04 Å². The molecule has 0 radical (unpaired) electrons. The lowest BCUT2D eigenvalue weighted by Crippen LogP contribution is -2.46. The van der Waals surface area contributed by atoms with E-state index in [-0.39, 0.29) is 24.2 Å². The zero-order valence-corrected chi connectivity index (χ0v) is 12.8. The Labute approximate surface area is 125 Å². The van der Waals surface area contributed by atoms with Crippen LogP contribution in [-0.2, 0) is 11.2 Å². The zero-order valence-electron chi connectivity index (χ0n) is 11.2. The Kier molecular flexibility index (Phi) is 5.65. The third-order valence-corrected chi connectivity index (χ3v) is 3.99. The van der Waals surface area contributed by atoms with E-state index in [0.29, 0.717) is 11.6 Å². The average Bonchev–Trinajstić information content (AvgIpc) is 2.78. The lowest BCUT2D eigenvalue weighted by atomic mass is 9.99. The van der Waals surface area contributed by atoms with Gasteiger partial charge in [-0.05, 0) is 30.0 Å². The lowest BCUT2D eigenvalue weighted by Gasteiger charge is -2.24. The number of halogens is 2. The quantitative estimate of drug-likeness (QED) is 0.933. The van der Waals surface area contributed by atoms with Crippen LogP contribution in [0.5, 0.6) is 0 Å². The summed E-state index contributed by atoms with van der Waals surface area (Å²) >= 11 is 5.99. The van der Waals surface area contributed by atoms with Crippen molar-refractivity contribution in [2.75, 3.05) is 11.4 Å². The summed E-state index contributed by atoms with van der Waals surface area (Å²) in [6, 6.07) is 5.27. The van der Waals surface area contributed by atoms with Gasteiger partial charge in [0.15, 0.2) is 0 Å². The first-order valence-corrected chi connectivity index (χ1v) is 6.77. The van der Waals surface area contributed by atoms with E-state index in [1.54, 1.807) is 4.90 Å². The molecule has 2 N–H and O–H groups in total. The summed E-state index contributed by atoms with van der Waals surface area (Å²) in [6.45, 7) is 4.77. The number of nitrogens with two attached hydrogens (primary N) is 1. The van der Waals surface area contributed by atoms with E-state index >= 15 is 0 Å². The van der Waals surface area contributed by atoms with Crippen molar-refractivity contribution in [1.29, 1.82) is 0 Å². The summed E-state index contributed by atoms with van der Waals surface area (Å²) < 4.78 is 0. The number of amides is 1. The van der Waals surface area contributed by atoms with Crippen molar-refractivity contribution >= 4 is 35.6 Å². The van der Waals surface area contributed by atoms with Gasteiger partial charge in [-0.25, -0.2) is 0 Å². The van der Waals surface area contributed by atoms with E-state index in [1.807, 2.05) is 32.0 Å². The molecule has 1 heterocycles. The van der Waals surface area contributed by atoms with Crippen LogP contribution < -0.4 is 10.6 Å². The van der Waals surface area contributed by atoms with Crippen molar-refractivity contribution < 1.29 is 4.79 Å². The molecule has 0 saturated heterocycles. The average molecular weight is 303 g/mol. The topological polar surface area (TPSA) is 46.3 Å². The Morgan fingerprint density at radius 2 is 2.21 bits per heavy atom. The van der Waals surface area contributed by atoms with Crippen molar-refractivity contribution in [3.8, 4) is 0 Å². The van der Waals surface area contributed by atoms with Crippen LogP contribution in [0.25, 0.3) is 0 Å². The van der Waals surface area contributed by atoms with Crippen LogP contribution in [0, 0.1) is 5.92 Å². The predicted octanol–water partition coefficient (Wildman–Crippen LogP) is 3.02. The second-order valence-electron chi connectivity index (χ2n) is 4.92. The molecule has 0 aromatic heterocycles. The fourth-order valence-corrected chi connectivity index (χ4v) is 2.42. The number of nitrogens with zero attached hydrogens (tertiary/aromatic N) is 1. The highest BCUT2D eigenvalue weighted by Crippen LogP contribution is 2.31. The second-order valence-corrected chi connectivity index (χ2v) is 5.36. The SMILES string of the molecule is CCC(C)C(N)C(=O)N1CCc2ccc(Cl)cc21.Cl. The molecule has 1 amide bonds. The minimum absolute atomic E-state index is 0. The molecule has 1 aromatic carbocycles. The molecule has 3 nitrogen and oxygen atoms in total. The Balaban J connectivity index is 0.00000180. The highest BCUT2D eigenvalue weighted by atomic mass is 35.5. The molecule has 0 spiro atoms. The first kappa shape index (κ1) is 16.3. The monoisotopic (exact) mass is 302 g/mol. The largest absolute Gasteiger partial charge is 0.320 e. The van der Waals surface area contributed by atoms with Crippen LogP contribution in [0.4, 0.5) is 5.69 Å². The van der Waals surface area contributed by atoms with E-state index in [2.05, 4.69) is 0 Å². The zero-order chi connectivity index (χ0) is 13.3. The maximum absolute atomic E-state index is 12.4. The first-order valence-electron chi connectivity index (χ1n) is 6.40. The molecule has 5 heteroatoms. The predicted molar refractivity (Wildman–Crippen MR) is 82.2 cm³/mol. The normalized spacial score (nSPS) is 16.5. The maximum Gasteiger partial charge on any atom is 0.244 e. The van der Waals surface area contributed by atoms with E-state index in [0.717, 1.165) is 18.5 Å². The molecule has 19 heavy (non-hydrogen) atoms. The summed E-state index contributed by atoms with van der Waals surface area (Å²) in [4.78, 5) is 14.2. The van der Waals surface area contributed by atoms with Gasteiger partial charge in [-0.3, -0.25) is 4.79 Å². The number of fused-ring (bicyclic) bond motifs is 1. The highest BCUT2D eigenvalue weighted by molar-refractivity contribution is 6.31. The molecule has 106 valence electrons. The fraction of sp³-hybridized carbons (Fsp3) is 0.500. The molecule has 1 aromatic rings. The van der Waals surface area contributed by atoms with Gasteiger partial charge in [-0.15, -0.1) is 12.4 Å². The van der Waals surface area contributed by atoms with Gasteiger partial charge in [0.2, 0.25) is 5.91 Å². The van der Waals surface area contributed by atoms with Gasteiger partial charge < -0.3 is 10.6 Å². The van der Waals surface area contributed by atoms with Crippen LogP contribution in [0.2, 0.25) is 5.02 Å². The second kappa shape index (κ2) is 6.60. The molecule has 1 aliphatic heterocycles. The van der Waals surface area contributed by atoms with Crippen molar-refractivity contribution in [3.05, 3.63) is 28.8 Å². The van der Waals surface area contributed by atoms with Crippen molar-refractivity contribution in [2.24, 2.45) is 11.7 Å². The van der Waals surface area contributed by atoms with E-state index in [9.17, 15) is 4.79 Å². The summed E-state index contributed by atoms with van der Waals surface area (Å²) in [5.41, 5.74) is 8.11. The van der Waals surface area contributed by atoms with Crippen molar-refractivity contribution in [3.63, 3.8) is 0 Å². The number of carbonyl (C=O) groups is 1. The third-order valence-electron chi connectivity index (χ3n) is 3.75. The summed E-state index contributed by atoms with van der Waals surface area (Å²) in [7, 11) is 0. The molecule has 0 fully saturated rings. The number of hydrogen-bond donors (Lipinski definition) is 1. The number of hydrogen-bond acceptors (Lipinski definition) is 2. The Hall–Kier alpha value is -0.770. The van der Waals surface area contributed by atoms with Crippen molar-refractivity contribution in [2.45, 2.75) is 32.7 Å². The minimum Gasteiger partial charge on any atom is -0.320 e. The Bertz CT molecular complexity index is 465. The van der Waals surface area contributed by atoms with Gasteiger partial charge in [0.05, 0.1) is 6.04 Å². The van der Waals surface area contributed by atoms with Crippen LogP contribution in [0.1, 0.15) is 25.8 Å².